The van der Waals surface area contributed by atoms with Crippen molar-refractivity contribution in [1.29, 1.82) is 0 Å². The van der Waals surface area contributed by atoms with E-state index in [-0.39, 0.29) is 23.9 Å². The predicted molar refractivity (Wildman–Crippen MR) is 81.9 cm³/mol. The molecule has 21 heavy (non-hydrogen) atoms. The van der Waals surface area contributed by atoms with Gasteiger partial charge in [-0.15, -0.1) is 11.3 Å². The minimum absolute atomic E-state index is 0.0833. The van der Waals surface area contributed by atoms with Gasteiger partial charge in [-0.05, 0) is 33.1 Å². The molecule has 0 aromatic carbocycles. The zero-order valence-corrected chi connectivity index (χ0v) is 13.3. The van der Waals surface area contributed by atoms with Crippen LogP contribution in [0.25, 0.3) is 0 Å². The van der Waals surface area contributed by atoms with E-state index < -0.39 is 6.04 Å². The molecule has 1 aromatic rings. The second-order valence-corrected chi connectivity index (χ2v) is 6.62. The molecular weight excluding hydrogens is 288 g/mol. The third-order valence-electron chi connectivity index (χ3n) is 3.53. The highest BCUT2D eigenvalue weighted by Gasteiger charge is 2.26. The highest BCUT2D eigenvalue weighted by atomic mass is 32.1. The van der Waals surface area contributed by atoms with Crippen molar-refractivity contribution in [1.82, 2.24) is 20.9 Å². The molecule has 2 amide bonds. The van der Waals surface area contributed by atoms with Gasteiger partial charge >= 0.3 is 0 Å². The minimum atomic E-state index is -0.412. The van der Waals surface area contributed by atoms with E-state index in [9.17, 15) is 9.59 Å². The normalized spacial score (nSPS) is 19.7. The molecule has 2 rings (SSSR count). The average molecular weight is 310 g/mol. The van der Waals surface area contributed by atoms with E-state index in [2.05, 4.69) is 20.9 Å². The molecule has 7 heteroatoms. The van der Waals surface area contributed by atoms with Crippen LogP contribution in [0.4, 0.5) is 0 Å². The molecule has 0 saturated carbocycles. The quantitative estimate of drug-likeness (QED) is 0.749. The SMILES string of the molecule is CC(C)(NCC(=O)N[C@@H]1CCCCNC1=O)c1nccs1. The Labute approximate surface area is 128 Å². The lowest BCUT2D eigenvalue weighted by Crippen LogP contribution is -2.50. The van der Waals surface area contributed by atoms with Crippen LogP contribution in [0.2, 0.25) is 0 Å². The number of aromatic nitrogens is 1. The summed E-state index contributed by atoms with van der Waals surface area (Å²) >= 11 is 1.55. The van der Waals surface area contributed by atoms with E-state index in [0.29, 0.717) is 13.0 Å². The lowest BCUT2D eigenvalue weighted by Gasteiger charge is -2.24. The molecular formula is C14H22N4O2S. The second kappa shape index (κ2) is 7.00. The molecule has 1 atom stereocenters. The Morgan fingerprint density at radius 2 is 2.33 bits per heavy atom. The lowest BCUT2D eigenvalue weighted by atomic mass is 10.1. The van der Waals surface area contributed by atoms with E-state index in [4.69, 9.17) is 0 Å². The van der Waals surface area contributed by atoms with Gasteiger partial charge in [0.05, 0.1) is 12.1 Å². The Morgan fingerprint density at radius 1 is 1.52 bits per heavy atom. The van der Waals surface area contributed by atoms with E-state index in [1.165, 1.54) is 0 Å². The van der Waals surface area contributed by atoms with Crippen molar-refractivity contribution in [2.45, 2.75) is 44.7 Å². The minimum Gasteiger partial charge on any atom is -0.354 e. The molecule has 2 heterocycles. The first-order valence-electron chi connectivity index (χ1n) is 7.21. The number of carbonyl (C=O) groups excluding carboxylic acids is 2. The first-order chi connectivity index (χ1) is 9.99. The number of carbonyl (C=O) groups is 2. The van der Waals surface area contributed by atoms with Gasteiger partial charge in [-0.1, -0.05) is 0 Å². The van der Waals surface area contributed by atoms with E-state index in [1.807, 2.05) is 19.2 Å². The van der Waals surface area contributed by atoms with Crippen molar-refractivity contribution < 1.29 is 9.59 Å². The maximum absolute atomic E-state index is 12.0. The molecule has 0 aliphatic carbocycles. The largest absolute Gasteiger partial charge is 0.354 e. The molecule has 1 aliphatic heterocycles. The third-order valence-corrected chi connectivity index (χ3v) is 4.63. The number of thiazole rings is 1. The Balaban J connectivity index is 1.83. The smallest absolute Gasteiger partial charge is 0.242 e. The van der Waals surface area contributed by atoms with Crippen molar-refractivity contribution in [3.05, 3.63) is 16.6 Å². The topological polar surface area (TPSA) is 83.1 Å². The summed E-state index contributed by atoms with van der Waals surface area (Å²) in [6.07, 6.45) is 4.36. The Kier molecular flexibility index (Phi) is 5.30. The number of nitrogens with one attached hydrogen (secondary N) is 3. The number of rotatable bonds is 5. The van der Waals surface area contributed by atoms with Crippen LogP contribution < -0.4 is 16.0 Å². The van der Waals surface area contributed by atoms with E-state index in [1.54, 1.807) is 17.5 Å². The van der Waals surface area contributed by atoms with Crippen LogP contribution >= 0.6 is 11.3 Å². The van der Waals surface area contributed by atoms with Gasteiger partial charge in [-0.25, -0.2) is 4.98 Å². The maximum Gasteiger partial charge on any atom is 0.242 e. The summed E-state index contributed by atoms with van der Waals surface area (Å²) in [5, 5.41) is 11.6. The van der Waals surface area contributed by atoms with Gasteiger partial charge in [0, 0.05) is 18.1 Å². The van der Waals surface area contributed by atoms with Crippen LogP contribution in [0.3, 0.4) is 0 Å². The summed E-state index contributed by atoms with van der Waals surface area (Å²) in [4.78, 5) is 28.1. The molecule has 0 bridgehead atoms. The number of hydrogen-bond donors (Lipinski definition) is 3. The van der Waals surface area contributed by atoms with Gasteiger partial charge < -0.3 is 10.6 Å². The van der Waals surface area contributed by atoms with Crippen molar-refractivity contribution in [3.63, 3.8) is 0 Å². The summed E-state index contributed by atoms with van der Waals surface area (Å²) in [5.74, 6) is -0.248. The van der Waals surface area contributed by atoms with Crippen molar-refractivity contribution in [2.75, 3.05) is 13.1 Å². The number of amides is 2. The van der Waals surface area contributed by atoms with Gasteiger partial charge in [-0.3, -0.25) is 14.9 Å². The van der Waals surface area contributed by atoms with Crippen LogP contribution in [0.15, 0.2) is 11.6 Å². The molecule has 1 saturated heterocycles. The van der Waals surface area contributed by atoms with Crippen molar-refractivity contribution in [2.24, 2.45) is 0 Å². The van der Waals surface area contributed by atoms with E-state index >= 15 is 0 Å². The summed E-state index contributed by atoms with van der Waals surface area (Å²) < 4.78 is 0. The van der Waals surface area contributed by atoms with Crippen molar-refractivity contribution >= 4 is 23.2 Å². The molecule has 1 aliphatic rings. The molecule has 0 unspecified atom stereocenters. The third kappa shape index (κ3) is 4.50. The van der Waals surface area contributed by atoms with Crippen LogP contribution in [0, 0.1) is 0 Å². The summed E-state index contributed by atoms with van der Waals surface area (Å²) in [6.45, 7) is 4.83. The van der Waals surface area contributed by atoms with Gasteiger partial charge in [-0.2, -0.15) is 0 Å². The molecule has 116 valence electrons. The zero-order chi connectivity index (χ0) is 15.3. The van der Waals surface area contributed by atoms with E-state index in [0.717, 1.165) is 17.8 Å². The molecule has 1 fully saturated rings. The Hall–Kier alpha value is -1.47. The summed E-state index contributed by atoms with van der Waals surface area (Å²) in [6, 6.07) is -0.412. The Bertz CT molecular complexity index is 487. The molecule has 3 N–H and O–H groups in total. The van der Waals surface area contributed by atoms with Gasteiger partial charge in [0.1, 0.15) is 11.0 Å². The standard InChI is InChI=1S/C14H22N4O2S/c1-14(2,13-16-7-8-21-13)17-9-11(19)18-10-5-3-4-6-15-12(10)20/h7-8,10,17H,3-6,9H2,1-2H3,(H,15,20)(H,18,19)/t10-/m1/s1. The van der Waals surface area contributed by atoms with Crippen LogP contribution in [0.1, 0.15) is 38.1 Å². The maximum atomic E-state index is 12.0. The van der Waals surface area contributed by atoms with Crippen LogP contribution in [-0.2, 0) is 15.1 Å². The molecule has 6 nitrogen and oxygen atoms in total. The predicted octanol–water partition coefficient (Wildman–Crippen LogP) is 0.753. The first kappa shape index (κ1) is 15.9. The Morgan fingerprint density at radius 3 is 3.05 bits per heavy atom. The number of nitrogens with zero attached hydrogens (tertiary/aromatic N) is 1. The second-order valence-electron chi connectivity index (χ2n) is 5.72. The molecule has 0 spiro atoms. The lowest BCUT2D eigenvalue weighted by molar-refractivity contribution is -0.128. The zero-order valence-electron chi connectivity index (χ0n) is 12.4. The fraction of sp³-hybridized carbons (Fsp3) is 0.643. The highest BCUT2D eigenvalue weighted by Crippen LogP contribution is 2.21. The fourth-order valence-electron chi connectivity index (χ4n) is 2.23. The number of hydrogen-bond acceptors (Lipinski definition) is 5. The monoisotopic (exact) mass is 310 g/mol. The average Bonchev–Trinajstić information content (AvgIpc) is 2.92. The fourth-order valence-corrected chi connectivity index (χ4v) is 2.97. The van der Waals surface area contributed by atoms with Crippen LogP contribution in [-0.4, -0.2) is 35.9 Å². The molecule has 1 aromatic heterocycles. The summed E-state index contributed by atoms with van der Waals surface area (Å²) in [7, 11) is 0. The molecule has 0 radical (unpaired) electrons. The van der Waals surface area contributed by atoms with Crippen LogP contribution in [0.5, 0.6) is 0 Å². The van der Waals surface area contributed by atoms with Crippen molar-refractivity contribution in [3.8, 4) is 0 Å². The highest BCUT2D eigenvalue weighted by molar-refractivity contribution is 7.09. The van der Waals surface area contributed by atoms with Gasteiger partial charge in [0.15, 0.2) is 0 Å². The van der Waals surface area contributed by atoms with Gasteiger partial charge in [0.2, 0.25) is 11.8 Å². The van der Waals surface area contributed by atoms with Gasteiger partial charge in [0.25, 0.3) is 0 Å². The summed E-state index contributed by atoms with van der Waals surface area (Å²) in [5.41, 5.74) is -0.364. The first-order valence-corrected chi connectivity index (χ1v) is 8.09.